The van der Waals surface area contributed by atoms with Gasteiger partial charge in [-0.15, -0.1) is 0 Å². The Morgan fingerprint density at radius 2 is 2.40 bits per heavy atom. The summed E-state index contributed by atoms with van der Waals surface area (Å²) in [6.07, 6.45) is 0.220. The fraction of sp³-hybridized carbons (Fsp3) is 0.250. The van der Waals surface area contributed by atoms with Crippen LogP contribution < -0.4 is 16.6 Å². The van der Waals surface area contributed by atoms with E-state index in [4.69, 9.17) is 5.73 Å². The van der Waals surface area contributed by atoms with Crippen molar-refractivity contribution < 1.29 is 4.79 Å². The Balaban J connectivity index is 2.59. The molecule has 0 aliphatic carbocycles. The fourth-order valence-corrected chi connectivity index (χ4v) is 0.693. The van der Waals surface area contributed by atoms with E-state index in [0.717, 1.165) is 0 Å². The minimum absolute atomic E-state index is 0.0269. The maximum atomic E-state index is 10.5. The zero-order valence-corrected chi connectivity index (χ0v) is 5.86. The van der Waals surface area contributed by atoms with Gasteiger partial charge in [-0.05, 0) is 12.2 Å². The maximum absolute atomic E-state index is 10.5. The van der Waals surface area contributed by atoms with Crippen LogP contribution in [-0.2, 0) is 4.79 Å². The molecule has 5 nitrogen and oxygen atoms in total. The van der Waals surface area contributed by atoms with Crippen LogP contribution >= 0.6 is 12.2 Å². The van der Waals surface area contributed by atoms with Crippen molar-refractivity contribution in [3.8, 4) is 0 Å². The van der Waals surface area contributed by atoms with E-state index in [1.807, 2.05) is 0 Å². The molecule has 0 unspecified atom stereocenters. The summed E-state index contributed by atoms with van der Waals surface area (Å²) < 4.78 is 0. The Hall–Kier alpha value is -1.17. The molecule has 0 saturated carbocycles. The summed E-state index contributed by atoms with van der Waals surface area (Å²) in [5.41, 5.74) is 9.94. The van der Waals surface area contributed by atoms with Crippen LogP contribution in [0.25, 0.3) is 0 Å². The highest BCUT2D eigenvalue weighted by Crippen LogP contribution is 1.89. The van der Waals surface area contributed by atoms with E-state index >= 15 is 0 Å². The molecule has 1 amide bonds. The molecule has 0 bridgehead atoms. The number of nitrogens with two attached hydrogens (primary N) is 1. The van der Waals surface area contributed by atoms with Crippen molar-refractivity contribution >= 4 is 29.1 Å². The second-order valence-corrected chi connectivity index (χ2v) is 2.16. The predicted molar refractivity (Wildman–Crippen MR) is 40.1 cm³/mol. The number of nitrogens with zero attached hydrogens (tertiary/aromatic N) is 1. The summed E-state index contributed by atoms with van der Waals surface area (Å²) in [7, 11) is 0. The van der Waals surface area contributed by atoms with Gasteiger partial charge in [-0.3, -0.25) is 15.6 Å². The average molecular weight is 158 g/mol. The molecule has 0 aromatic carbocycles. The Labute approximate surface area is 62.7 Å². The number of hydrogen-bond donors (Lipinski definition) is 3. The van der Waals surface area contributed by atoms with Gasteiger partial charge in [-0.1, -0.05) is 0 Å². The molecule has 6 heteroatoms. The van der Waals surface area contributed by atoms with Gasteiger partial charge in [0.1, 0.15) is 5.84 Å². The Morgan fingerprint density at radius 3 is 2.80 bits per heavy atom. The molecule has 1 heterocycles. The summed E-state index contributed by atoms with van der Waals surface area (Å²) in [4.78, 5) is 14.2. The van der Waals surface area contributed by atoms with Crippen molar-refractivity contribution in [1.29, 1.82) is 0 Å². The molecular weight excluding hydrogens is 152 g/mol. The number of carbonyl (C=O) groups is 1. The fourth-order valence-electron chi connectivity index (χ4n) is 0.583. The minimum Gasteiger partial charge on any atom is -0.374 e. The van der Waals surface area contributed by atoms with Crippen LogP contribution in [0.4, 0.5) is 0 Å². The van der Waals surface area contributed by atoms with Crippen LogP contribution in [0.15, 0.2) is 4.99 Å². The lowest BCUT2D eigenvalue weighted by atomic mass is 10.4. The first-order valence-electron chi connectivity index (χ1n) is 2.60. The van der Waals surface area contributed by atoms with E-state index in [2.05, 4.69) is 28.1 Å². The van der Waals surface area contributed by atoms with Gasteiger partial charge in [0, 0.05) is 0 Å². The predicted octanol–water partition coefficient (Wildman–Crippen LogP) is -1.35. The number of hydrogen-bond acceptors (Lipinski definition) is 2. The summed E-state index contributed by atoms with van der Waals surface area (Å²) in [6, 6.07) is 0. The Kier molecular flexibility index (Phi) is 1.81. The van der Waals surface area contributed by atoms with Crippen LogP contribution in [0.3, 0.4) is 0 Å². The van der Waals surface area contributed by atoms with Gasteiger partial charge in [0.2, 0.25) is 5.91 Å². The number of carbonyl (C=O) groups excluding carboxylic acids is 1. The van der Waals surface area contributed by atoms with Crippen LogP contribution in [0.2, 0.25) is 0 Å². The number of amides is 1. The first kappa shape index (κ1) is 6.94. The molecule has 4 N–H and O–H groups in total. The molecule has 1 fully saturated rings. The topological polar surface area (TPSA) is 79.5 Å². The van der Waals surface area contributed by atoms with Gasteiger partial charge in [-0.25, -0.2) is 4.99 Å². The molecular formula is C4H6N4OS. The summed E-state index contributed by atoms with van der Waals surface area (Å²) in [5.74, 6) is 0.340. The van der Waals surface area contributed by atoms with Gasteiger partial charge < -0.3 is 5.73 Å². The molecule has 0 aromatic rings. The van der Waals surface area contributed by atoms with Gasteiger partial charge in [0.15, 0.2) is 5.11 Å². The summed E-state index contributed by atoms with van der Waals surface area (Å²) in [5, 5.41) is 0.0269. The maximum Gasteiger partial charge on any atom is 0.245 e. The lowest BCUT2D eigenvalue weighted by molar-refractivity contribution is -0.119. The molecule has 0 radical (unpaired) electrons. The second-order valence-electron chi connectivity index (χ2n) is 1.75. The van der Waals surface area contributed by atoms with Gasteiger partial charge in [0.05, 0.1) is 6.42 Å². The van der Waals surface area contributed by atoms with Crippen molar-refractivity contribution in [2.75, 3.05) is 0 Å². The van der Waals surface area contributed by atoms with Gasteiger partial charge in [0.25, 0.3) is 0 Å². The highest BCUT2D eigenvalue weighted by Gasteiger charge is 2.14. The standard InChI is InChI=1S/C4H6N4OS/c5-4(10)6-2-1-3(9)8-7-2/h1H2,(H,8,9)(H3,5,6,7,10). The Morgan fingerprint density at radius 1 is 1.70 bits per heavy atom. The van der Waals surface area contributed by atoms with E-state index < -0.39 is 0 Å². The minimum atomic E-state index is -0.130. The number of rotatable bonds is 0. The molecule has 1 aliphatic heterocycles. The highest BCUT2D eigenvalue weighted by molar-refractivity contribution is 7.80. The van der Waals surface area contributed by atoms with E-state index in [1.165, 1.54) is 0 Å². The van der Waals surface area contributed by atoms with Crippen LogP contribution in [0.1, 0.15) is 6.42 Å². The molecule has 0 atom stereocenters. The molecule has 1 aliphatic rings. The van der Waals surface area contributed by atoms with Gasteiger partial charge in [-0.2, -0.15) is 0 Å². The van der Waals surface area contributed by atoms with Crippen LogP contribution in [0, 0.1) is 0 Å². The summed E-state index contributed by atoms with van der Waals surface area (Å²) >= 11 is 4.48. The molecule has 54 valence electrons. The molecule has 1 saturated heterocycles. The monoisotopic (exact) mass is 158 g/mol. The number of nitrogens with one attached hydrogen (secondary N) is 2. The zero-order chi connectivity index (χ0) is 7.56. The molecule has 1 rings (SSSR count). The highest BCUT2D eigenvalue weighted by atomic mass is 32.1. The first-order chi connectivity index (χ1) is 4.68. The number of amidine groups is 1. The quantitative estimate of drug-likeness (QED) is 0.381. The third-order valence-electron chi connectivity index (χ3n) is 0.919. The SMILES string of the molecule is NC(=S)/N=C1/CC(=O)NN1. The second kappa shape index (κ2) is 2.61. The van der Waals surface area contributed by atoms with Crippen molar-refractivity contribution in [3.05, 3.63) is 0 Å². The van der Waals surface area contributed by atoms with E-state index in [-0.39, 0.29) is 17.4 Å². The van der Waals surface area contributed by atoms with Gasteiger partial charge >= 0.3 is 0 Å². The third kappa shape index (κ3) is 1.66. The lowest BCUT2D eigenvalue weighted by Crippen LogP contribution is -2.29. The molecule has 10 heavy (non-hydrogen) atoms. The van der Waals surface area contributed by atoms with Crippen molar-refractivity contribution in [1.82, 2.24) is 10.9 Å². The van der Waals surface area contributed by atoms with Crippen molar-refractivity contribution in [2.45, 2.75) is 6.42 Å². The largest absolute Gasteiger partial charge is 0.374 e. The first-order valence-corrected chi connectivity index (χ1v) is 3.01. The van der Waals surface area contributed by atoms with E-state index in [1.54, 1.807) is 0 Å². The van der Waals surface area contributed by atoms with Crippen LogP contribution in [0.5, 0.6) is 0 Å². The van der Waals surface area contributed by atoms with Crippen LogP contribution in [-0.4, -0.2) is 16.9 Å². The zero-order valence-electron chi connectivity index (χ0n) is 5.05. The Bertz CT molecular complexity index is 211. The smallest absolute Gasteiger partial charge is 0.245 e. The summed E-state index contributed by atoms with van der Waals surface area (Å²) in [6.45, 7) is 0. The van der Waals surface area contributed by atoms with E-state index in [9.17, 15) is 4.79 Å². The third-order valence-corrected chi connectivity index (χ3v) is 1.01. The van der Waals surface area contributed by atoms with Crippen molar-refractivity contribution in [3.63, 3.8) is 0 Å². The number of thiocarbonyl (C=S) groups is 1. The molecule has 0 spiro atoms. The average Bonchev–Trinajstić information content (AvgIpc) is 2.13. The number of aliphatic imine (C=N–C) groups is 1. The van der Waals surface area contributed by atoms with E-state index in [0.29, 0.717) is 5.84 Å². The normalized spacial score (nSPS) is 20.4. The lowest BCUT2D eigenvalue weighted by Gasteiger charge is -1.92. The van der Waals surface area contributed by atoms with Crippen molar-refractivity contribution in [2.24, 2.45) is 10.7 Å². The molecule has 0 aromatic heterocycles. The number of hydrazine groups is 1.